The molecule has 2 fully saturated rings. The fourth-order valence-electron chi connectivity index (χ4n) is 3.35. The van der Waals surface area contributed by atoms with Gasteiger partial charge in [-0.2, -0.15) is 0 Å². The molecular weight excluding hydrogens is 268 g/mol. The molecule has 2 N–H and O–H groups in total. The smallest absolute Gasteiger partial charge is 0.225 e. The third-order valence-electron chi connectivity index (χ3n) is 4.57. The second-order valence-corrected chi connectivity index (χ2v) is 6.30. The fraction of sp³-hybridized carbons (Fsp3) is 0.733. The number of nitrogens with zero attached hydrogens (tertiary/aromatic N) is 3. The first kappa shape index (κ1) is 14.5. The summed E-state index contributed by atoms with van der Waals surface area (Å²) in [5, 5.41) is 4.02. The van der Waals surface area contributed by atoms with Crippen molar-refractivity contribution in [3.05, 3.63) is 17.5 Å². The molecule has 6 nitrogen and oxygen atoms in total. The molecule has 116 valence electrons. The highest BCUT2D eigenvalue weighted by molar-refractivity contribution is 5.79. The fourth-order valence-corrected chi connectivity index (χ4v) is 3.35. The summed E-state index contributed by atoms with van der Waals surface area (Å²) in [4.78, 5) is 16.8. The SMILES string of the molecule is Cc1cc(CN2CCN(C(=O)C3CCC(N)C3)CC2)no1. The van der Waals surface area contributed by atoms with E-state index in [1.807, 2.05) is 17.9 Å². The molecule has 21 heavy (non-hydrogen) atoms. The van der Waals surface area contributed by atoms with Crippen LogP contribution in [0.1, 0.15) is 30.7 Å². The third-order valence-corrected chi connectivity index (χ3v) is 4.57. The number of aromatic nitrogens is 1. The number of nitrogens with two attached hydrogens (primary N) is 1. The molecule has 1 aromatic rings. The minimum absolute atomic E-state index is 0.157. The molecule has 1 aromatic heterocycles. The Kier molecular flexibility index (Phi) is 4.26. The number of hydrogen-bond acceptors (Lipinski definition) is 5. The maximum atomic E-state index is 12.4. The Balaban J connectivity index is 1.47. The van der Waals surface area contributed by atoms with E-state index < -0.39 is 0 Å². The number of piperazine rings is 1. The average molecular weight is 292 g/mol. The largest absolute Gasteiger partial charge is 0.361 e. The zero-order chi connectivity index (χ0) is 14.8. The lowest BCUT2D eigenvalue weighted by Gasteiger charge is -2.35. The normalized spacial score (nSPS) is 27.2. The van der Waals surface area contributed by atoms with E-state index in [-0.39, 0.29) is 12.0 Å². The zero-order valence-electron chi connectivity index (χ0n) is 12.6. The number of carbonyl (C=O) groups is 1. The highest BCUT2D eigenvalue weighted by Crippen LogP contribution is 2.26. The van der Waals surface area contributed by atoms with Crippen molar-refractivity contribution < 1.29 is 9.32 Å². The number of hydrogen-bond donors (Lipinski definition) is 1. The zero-order valence-corrected chi connectivity index (χ0v) is 12.6. The predicted molar refractivity (Wildman–Crippen MR) is 78.4 cm³/mol. The number of aryl methyl sites for hydroxylation is 1. The molecule has 3 rings (SSSR count). The molecule has 6 heteroatoms. The van der Waals surface area contributed by atoms with Gasteiger partial charge in [0.15, 0.2) is 0 Å². The van der Waals surface area contributed by atoms with Gasteiger partial charge in [0, 0.05) is 50.7 Å². The Morgan fingerprint density at radius 3 is 2.71 bits per heavy atom. The molecule has 2 atom stereocenters. The van der Waals surface area contributed by atoms with Gasteiger partial charge in [-0.25, -0.2) is 0 Å². The third kappa shape index (κ3) is 3.44. The van der Waals surface area contributed by atoms with Crippen LogP contribution >= 0.6 is 0 Å². The van der Waals surface area contributed by atoms with Gasteiger partial charge >= 0.3 is 0 Å². The first-order valence-electron chi connectivity index (χ1n) is 7.81. The summed E-state index contributed by atoms with van der Waals surface area (Å²) in [6.45, 7) is 6.11. The summed E-state index contributed by atoms with van der Waals surface area (Å²) >= 11 is 0. The van der Waals surface area contributed by atoms with Crippen molar-refractivity contribution in [2.45, 2.75) is 38.8 Å². The van der Waals surface area contributed by atoms with Crippen LogP contribution in [0.15, 0.2) is 10.6 Å². The van der Waals surface area contributed by atoms with Crippen LogP contribution in [0, 0.1) is 12.8 Å². The van der Waals surface area contributed by atoms with Gasteiger partial charge in [-0.1, -0.05) is 5.16 Å². The number of rotatable bonds is 3. The van der Waals surface area contributed by atoms with E-state index in [2.05, 4.69) is 10.1 Å². The standard InChI is InChI=1S/C15H24N4O2/c1-11-8-14(17-21-11)10-18-4-6-19(7-5-18)15(20)12-2-3-13(16)9-12/h8,12-13H,2-7,9-10,16H2,1H3. The van der Waals surface area contributed by atoms with Crippen LogP contribution in [0.4, 0.5) is 0 Å². The Morgan fingerprint density at radius 1 is 1.38 bits per heavy atom. The van der Waals surface area contributed by atoms with Gasteiger partial charge in [0.1, 0.15) is 5.76 Å². The summed E-state index contributed by atoms with van der Waals surface area (Å²) in [6, 6.07) is 2.19. The van der Waals surface area contributed by atoms with E-state index in [1.165, 1.54) is 0 Å². The highest BCUT2D eigenvalue weighted by Gasteiger charge is 2.32. The Morgan fingerprint density at radius 2 is 2.14 bits per heavy atom. The number of amides is 1. The van der Waals surface area contributed by atoms with E-state index in [9.17, 15) is 4.79 Å². The Labute approximate surface area is 125 Å². The summed E-state index contributed by atoms with van der Waals surface area (Å²) in [6.07, 6.45) is 2.80. The van der Waals surface area contributed by atoms with Gasteiger partial charge in [0.2, 0.25) is 5.91 Å². The topological polar surface area (TPSA) is 75.6 Å². The summed E-state index contributed by atoms with van der Waals surface area (Å²) < 4.78 is 5.09. The summed E-state index contributed by atoms with van der Waals surface area (Å²) in [5.74, 6) is 1.31. The predicted octanol–water partition coefficient (Wildman–Crippen LogP) is 0.755. The lowest BCUT2D eigenvalue weighted by molar-refractivity contribution is -0.137. The van der Waals surface area contributed by atoms with Crippen molar-refractivity contribution in [3.8, 4) is 0 Å². The molecular formula is C15H24N4O2. The maximum Gasteiger partial charge on any atom is 0.225 e. The van der Waals surface area contributed by atoms with Gasteiger partial charge in [0.25, 0.3) is 0 Å². The molecule has 1 saturated heterocycles. The van der Waals surface area contributed by atoms with Crippen LogP contribution in [0.25, 0.3) is 0 Å². The highest BCUT2D eigenvalue weighted by atomic mass is 16.5. The molecule has 0 radical (unpaired) electrons. The first-order valence-corrected chi connectivity index (χ1v) is 7.81. The van der Waals surface area contributed by atoms with Gasteiger partial charge in [-0.05, 0) is 26.2 Å². The van der Waals surface area contributed by atoms with Crippen molar-refractivity contribution in [2.24, 2.45) is 11.7 Å². The van der Waals surface area contributed by atoms with Crippen LogP contribution in [-0.4, -0.2) is 53.1 Å². The van der Waals surface area contributed by atoms with Crippen LogP contribution in [-0.2, 0) is 11.3 Å². The molecule has 0 bridgehead atoms. The van der Waals surface area contributed by atoms with Crippen molar-refractivity contribution in [1.29, 1.82) is 0 Å². The number of carbonyl (C=O) groups excluding carboxylic acids is 1. The van der Waals surface area contributed by atoms with Crippen molar-refractivity contribution in [3.63, 3.8) is 0 Å². The lowest BCUT2D eigenvalue weighted by atomic mass is 10.1. The maximum absolute atomic E-state index is 12.4. The molecule has 2 aliphatic rings. The van der Waals surface area contributed by atoms with Crippen LogP contribution in [0.2, 0.25) is 0 Å². The van der Waals surface area contributed by atoms with E-state index in [1.54, 1.807) is 0 Å². The van der Waals surface area contributed by atoms with Crippen molar-refractivity contribution >= 4 is 5.91 Å². The molecule has 0 spiro atoms. The van der Waals surface area contributed by atoms with Crippen molar-refractivity contribution in [2.75, 3.05) is 26.2 Å². The molecule has 1 aliphatic heterocycles. The molecule has 1 amide bonds. The van der Waals surface area contributed by atoms with Gasteiger partial charge in [0.05, 0.1) is 5.69 Å². The minimum atomic E-state index is 0.157. The van der Waals surface area contributed by atoms with Crippen LogP contribution < -0.4 is 5.73 Å². The second kappa shape index (κ2) is 6.15. The first-order chi connectivity index (χ1) is 10.1. The van der Waals surface area contributed by atoms with Crippen LogP contribution in [0.5, 0.6) is 0 Å². The Bertz CT molecular complexity index is 494. The molecule has 2 heterocycles. The van der Waals surface area contributed by atoms with E-state index in [4.69, 9.17) is 10.3 Å². The quantitative estimate of drug-likeness (QED) is 0.890. The van der Waals surface area contributed by atoms with Gasteiger partial charge in [-0.15, -0.1) is 0 Å². The van der Waals surface area contributed by atoms with Gasteiger partial charge < -0.3 is 15.2 Å². The average Bonchev–Trinajstić information content (AvgIpc) is 3.08. The van der Waals surface area contributed by atoms with E-state index in [0.29, 0.717) is 5.91 Å². The second-order valence-electron chi connectivity index (χ2n) is 6.30. The monoisotopic (exact) mass is 292 g/mol. The molecule has 2 unspecified atom stereocenters. The summed E-state index contributed by atoms with van der Waals surface area (Å²) in [5.41, 5.74) is 6.87. The molecule has 1 aliphatic carbocycles. The van der Waals surface area contributed by atoms with Crippen molar-refractivity contribution in [1.82, 2.24) is 15.0 Å². The summed E-state index contributed by atoms with van der Waals surface area (Å²) in [7, 11) is 0. The minimum Gasteiger partial charge on any atom is -0.361 e. The lowest BCUT2D eigenvalue weighted by Crippen LogP contribution is -2.49. The van der Waals surface area contributed by atoms with E-state index >= 15 is 0 Å². The Hall–Kier alpha value is -1.40. The van der Waals surface area contributed by atoms with E-state index in [0.717, 1.165) is 63.4 Å². The molecule has 0 aromatic carbocycles. The molecule has 1 saturated carbocycles. The van der Waals surface area contributed by atoms with Gasteiger partial charge in [-0.3, -0.25) is 9.69 Å². The van der Waals surface area contributed by atoms with Crippen LogP contribution in [0.3, 0.4) is 0 Å².